The summed E-state index contributed by atoms with van der Waals surface area (Å²) in [7, 11) is 0. The molecule has 7 nitrogen and oxygen atoms in total. The molecule has 2 aliphatic heterocycles. The quantitative estimate of drug-likeness (QED) is 0.229. The Morgan fingerprint density at radius 1 is 0.860 bits per heavy atom. The number of para-hydroxylation sites is 2. The molecule has 2 amide bonds. The van der Waals surface area contributed by atoms with Crippen LogP contribution in [0.2, 0.25) is 0 Å². The summed E-state index contributed by atoms with van der Waals surface area (Å²) in [6.45, 7) is 6.27. The summed E-state index contributed by atoms with van der Waals surface area (Å²) in [5.74, 6) is -1.08. The normalized spacial score (nSPS) is 17.5. The number of carbonyl (C=O) groups is 2. The zero-order chi connectivity index (χ0) is 29.6. The molecule has 8 heteroatoms. The Hall–Kier alpha value is -5.08. The number of benzene rings is 4. The number of carbonyl (C=O) groups excluding carboxylic acids is 2. The van der Waals surface area contributed by atoms with Crippen LogP contribution in [0.15, 0.2) is 94.1 Å². The second-order valence-electron chi connectivity index (χ2n) is 11.3. The number of rotatable bonds is 3. The van der Waals surface area contributed by atoms with Crippen LogP contribution in [0.1, 0.15) is 43.9 Å². The van der Waals surface area contributed by atoms with E-state index in [0.29, 0.717) is 27.4 Å². The van der Waals surface area contributed by atoms with Gasteiger partial charge in [0.2, 0.25) is 5.76 Å². The van der Waals surface area contributed by atoms with E-state index in [1.165, 1.54) is 16.2 Å². The van der Waals surface area contributed by atoms with E-state index in [4.69, 9.17) is 9.40 Å². The van der Waals surface area contributed by atoms with E-state index in [1.54, 1.807) is 29.2 Å². The van der Waals surface area contributed by atoms with Crippen molar-refractivity contribution < 1.29 is 14.0 Å². The van der Waals surface area contributed by atoms with Crippen molar-refractivity contribution >= 4 is 55.2 Å². The van der Waals surface area contributed by atoms with Crippen molar-refractivity contribution in [2.24, 2.45) is 0 Å². The fourth-order valence-corrected chi connectivity index (χ4v) is 7.91. The first-order chi connectivity index (χ1) is 20.8. The van der Waals surface area contributed by atoms with Crippen molar-refractivity contribution in [1.29, 1.82) is 0 Å². The molecule has 0 N–H and O–H groups in total. The van der Waals surface area contributed by atoms with Gasteiger partial charge in [-0.05, 0) is 61.7 Å². The van der Waals surface area contributed by atoms with E-state index in [-0.39, 0.29) is 17.9 Å². The van der Waals surface area contributed by atoms with Crippen molar-refractivity contribution in [3.8, 4) is 0 Å². The largest absolute Gasteiger partial charge is 0.450 e. The lowest BCUT2D eigenvalue weighted by Crippen LogP contribution is -2.53. The Morgan fingerprint density at radius 2 is 1.65 bits per heavy atom. The molecule has 8 rings (SSSR count). The van der Waals surface area contributed by atoms with Crippen LogP contribution in [0.25, 0.3) is 21.2 Å². The Labute approximate surface area is 250 Å². The lowest BCUT2D eigenvalue weighted by molar-refractivity contribution is -0.121. The molecule has 43 heavy (non-hydrogen) atoms. The molecular formula is C35H25N3O4S. The van der Waals surface area contributed by atoms with E-state index in [1.807, 2.05) is 81.4 Å². The fourth-order valence-electron chi connectivity index (χ4n) is 6.71. The summed E-state index contributed by atoms with van der Waals surface area (Å²) < 4.78 is 7.09. The standard InChI is InChI=1S/C35H25N3O4S/c1-19-9-8-10-22(16-19)18-37-25-13-6-5-12-24(25)35(33(37)41)28-30(39)23-11-4-7-14-26(23)42-31(28)32(40)38(35)34-36-29-21(3)15-20(2)17-27(29)43-34/h4-17H,18H2,1-3H3. The smallest absolute Gasteiger partial charge is 0.297 e. The Morgan fingerprint density at radius 3 is 2.49 bits per heavy atom. The molecule has 0 fully saturated rings. The van der Waals surface area contributed by atoms with Gasteiger partial charge in [0, 0.05) is 5.56 Å². The lowest BCUT2D eigenvalue weighted by Gasteiger charge is -2.32. The Bertz CT molecular complexity index is 2250. The number of hydrogen-bond acceptors (Lipinski definition) is 6. The van der Waals surface area contributed by atoms with Gasteiger partial charge in [-0.2, -0.15) is 0 Å². The first kappa shape index (κ1) is 25.6. The molecule has 2 aromatic heterocycles. The average Bonchev–Trinajstić information content (AvgIpc) is 3.60. The third-order valence-electron chi connectivity index (χ3n) is 8.46. The highest BCUT2D eigenvalue weighted by molar-refractivity contribution is 7.22. The number of nitrogens with zero attached hydrogens (tertiary/aromatic N) is 3. The molecule has 0 radical (unpaired) electrons. The van der Waals surface area contributed by atoms with Gasteiger partial charge < -0.3 is 9.32 Å². The fraction of sp³-hybridized carbons (Fsp3) is 0.143. The number of aromatic nitrogens is 1. The molecular weight excluding hydrogens is 558 g/mol. The van der Waals surface area contributed by atoms with Gasteiger partial charge in [0.1, 0.15) is 5.58 Å². The summed E-state index contributed by atoms with van der Waals surface area (Å²) in [6, 6.07) is 26.3. The van der Waals surface area contributed by atoms with Crippen molar-refractivity contribution in [1.82, 2.24) is 4.98 Å². The number of amides is 2. The highest BCUT2D eigenvalue weighted by Crippen LogP contribution is 2.55. The zero-order valence-electron chi connectivity index (χ0n) is 23.7. The molecule has 210 valence electrons. The predicted octanol–water partition coefficient (Wildman–Crippen LogP) is 6.78. The summed E-state index contributed by atoms with van der Waals surface area (Å²) >= 11 is 1.33. The van der Waals surface area contributed by atoms with Crippen LogP contribution in [0.4, 0.5) is 10.8 Å². The van der Waals surface area contributed by atoms with Crippen LogP contribution in [0.3, 0.4) is 0 Å². The molecule has 0 saturated heterocycles. The maximum Gasteiger partial charge on any atom is 0.297 e. The second kappa shape index (κ2) is 8.96. The van der Waals surface area contributed by atoms with Gasteiger partial charge in [-0.25, -0.2) is 4.98 Å². The molecule has 0 bridgehead atoms. The third-order valence-corrected chi connectivity index (χ3v) is 9.45. The van der Waals surface area contributed by atoms with Crippen LogP contribution in [-0.2, 0) is 16.9 Å². The molecule has 4 heterocycles. The van der Waals surface area contributed by atoms with Gasteiger partial charge >= 0.3 is 0 Å². The third kappa shape index (κ3) is 3.41. The first-order valence-corrected chi connectivity index (χ1v) is 14.9. The van der Waals surface area contributed by atoms with Gasteiger partial charge in [0.05, 0.1) is 33.4 Å². The topological polar surface area (TPSA) is 83.7 Å². The Balaban J connectivity index is 1.46. The number of anilines is 2. The molecule has 1 unspecified atom stereocenters. The van der Waals surface area contributed by atoms with Gasteiger partial charge in [-0.15, -0.1) is 0 Å². The predicted molar refractivity (Wildman–Crippen MR) is 168 cm³/mol. The highest BCUT2D eigenvalue weighted by atomic mass is 32.1. The van der Waals surface area contributed by atoms with Crippen LogP contribution in [-0.4, -0.2) is 16.8 Å². The van der Waals surface area contributed by atoms with E-state index in [2.05, 4.69) is 0 Å². The maximum absolute atomic E-state index is 15.1. The lowest BCUT2D eigenvalue weighted by atomic mass is 9.84. The van der Waals surface area contributed by atoms with E-state index >= 15 is 4.79 Å². The van der Waals surface area contributed by atoms with Crippen molar-refractivity contribution in [3.05, 3.63) is 134 Å². The first-order valence-electron chi connectivity index (χ1n) is 14.0. The van der Waals surface area contributed by atoms with Crippen molar-refractivity contribution in [2.75, 3.05) is 9.80 Å². The monoisotopic (exact) mass is 583 g/mol. The van der Waals surface area contributed by atoms with Gasteiger partial charge in [0.15, 0.2) is 16.1 Å². The highest BCUT2D eigenvalue weighted by Gasteiger charge is 2.66. The van der Waals surface area contributed by atoms with Crippen LogP contribution >= 0.6 is 11.3 Å². The molecule has 4 aromatic carbocycles. The molecule has 1 atom stereocenters. The molecule has 1 spiro atoms. The molecule has 0 saturated carbocycles. The number of aryl methyl sites for hydroxylation is 3. The molecule has 2 aliphatic rings. The van der Waals surface area contributed by atoms with Gasteiger partial charge in [-0.1, -0.05) is 77.6 Å². The van der Waals surface area contributed by atoms with E-state index in [0.717, 1.165) is 32.5 Å². The second-order valence-corrected chi connectivity index (χ2v) is 12.3. The van der Waals surface area contributed by atoms with E-state index in [9.17, 15) is 9.59 Å². The Kier molecular flexibility index (Phi) is 5.34. The average molecular weight is 584 g/mol. The van der Waals surface area contributed by atoms with Crippen LogP contribution in [0, 0.1) is 20.8 Å². The minimum Gasteiger partial charge on any atom is -0.450 e. The summed E-state index contributed by atoms with van der Waals surface area (Å²) in [5.41, 5.74) is 4.13. The van der Waals surface area contributed by atoms with Gasteiger partial charge in [-0.3, -0.25) is 19.3 Å². The number of hydrogen-bond donors (Lipinski definition) is 0. The summed E-state index contributed by atoms with van der Waals surface area (Å²) in [5, 5.41) is 0.651. The summed E-state index contributed by atoms with van der Waals surface area (Å²) in [6.07, 6.45) is 0. The SMILES string of the molecule is Cc1cccc(CN2C(=O)C3(c4ccccc42)c2c(oc4ccccc4c2=O)C(=O)N3c2nc3c(C)cc(C)cc3s2)c1. The van der Waals surface area contributed by atoms with Gasteiger partial charge in [0.25, 0.3) is 11.8 Å². The minimum absolute atomic E-state index is 0.0348. The van der Waals surface area contributed by atoms with Crippen molar-refractivity contribution in [2.45, 2.75) is 32.9 Å². The molecule has 6 aromatic rings. The summed E-state index contributed by atoms with van der Waals surface area (Å²) in [4.78, 5) is 52.1. The number of fused-ring (bicyclic) bond motifs is 6. The minimum atomic E-state index is -1.78. The number of thiazole rings is 1. The van der Waals surface area contributed by atoms with E-state index < -0.39 is 22.8 Å². The molecule has 0 aliphatic carbocycles. The maximum atomic E-state index is 15.1. The van der Waals surface area contributed by atoms with Crippen LogP contribution < -0.4 is 15.2 Å². The van der Waals surface area contributed by atoms with Crippen LogP contribution in [0.5, 0.6) is 0 Å². The van der Waals surface area contributed by atoms with Crippen molar-refractivity contribution in [3.63, 3.8) is 0 Å². The zero-order valence-corrected chi connectivity index (χ0v) is 24.5.